The van der Waals surface area contributed by atoms with Crippen molar-refractivity contribution >= 4 is 24.0 Å². The second kappa shape index (κ2) is 7.77. The molecule has 138 valence electrons. The second-order valence-electron chi connectivity index (χ2n) is 6.87. The van der Waals surface area contributed by atoms with Crippen LogP contribution in [-0.4, -0.2) is 31.1 Å². The minimum Gasteiger partial charge on any atom is -0.314 e. The molecule has 1 N–H and O–H groups in total. The standard InChI is InChI=1S/C16H21ClF4N2.ClH/c1-15(2,3)14(23-8-6-22-7-9-23)12-10(16(19,20)21)4-5-11(17)13(12)18;/h4-5,14,22H,6-9H2,1-3H3;1H/t14-;/m0./s1. The third-order valence-corrected chi connectivity index (χ3v) is 4.34. The van der Waals surface area contributed by atoms with E-state index in [0.29, 0.717) is 26.2 Å². The van der Waals surface area contributed by atoms with Gasteiger partial charge in [-0.25, -0.2) is 4.39 Å². The Morgan fingerprint density at radius 1 is 1.12 bits per heavy atom. The van der Waals surface area contributed by atoms with Crippen LogP contribution in [0.1, 0.15) is 37.9 Å². The van der Waals surface area contributed by atoms with Gasteiger partial charge in [0.1, 0.15) is 5.82 Å². The molecule has 1 aromatic carbocycles. The normalized spacial score (nSPS) is 18.2. The van der Waals surface area contributed by atoms with Crippen LogP contribution in [0.5, 0.6) is 0 Å². The van der Waals surface area contributed by atoms with E-state index >= 15 is 0 Å². The van der Waals surface area contributed by atoms with Gasteiger partial charge in [-0.15, -0.1) is 12.4 Å². The smallest absolute Gasteiger partial charge is 0.314 e. The Morgan fingerprint density at radius 2 is 1.67 bits per heavy atom. The number of nitrogens with one attached hydrogen (secondary N) is 1. The maximum atomic E-state index is 14.7. The van der Waals surface area contributed by atoms with Crippen LogP contribution in [0.15, 0.2) is 12.1 Å². The summed E-state index contributed by atoms with van der Waals surface area (Å²) in [5.41, 5.74) is -1.87. The van der Waals surface area contributed by atoms with Crippen molar-refractivity contribution in [2.75, 3.05) is 26.2 Å². The highest BCUT2D eigenvalue weighted by atomic mass is 35.5. The molecule has 2 rings (SSSR count). The van der Waals surface area contributed by atoms with Crippen LogP contribution in [0.3, 0.4) is 0 Å². The molecular weight excluding hydrogens is 367 g/mol. The van der Waals surface area contributed by atoms with Gasteiger partial charge in [-0.05, 0) is 17.5 Å². The molecular formula is C16H22Cl2F4N2. The first-order valence-corrected chi connectivity index (χ1v) is 7.91. The van der Waals surface area contributed by atoms with Crippen LogP contribution in [0.25, 0.3) is 0 Å². The van der Waals surface area contributed by atoms with E-state index in [0.717, 1.165) is 12.1 Å². The van der Waals surface area contributed by atoms with Crippen LogP contribution in [0.4, 0.5) is 17.6 Å². The van der Waals surface area contributed by atoms with Gasteiger partial charge >= 0.3 is 6.18 Å². The average molecular weight is 389 g/mol. The molecule has 1 heterocycles. The van der Waals surface area contributed by atoms with Crippen LogP contribution in [0.2, 0.25) is 5.02 Å². The molecule has 0 radical (unpaired) electrons. The van der Waals surface area contributed by atoms with Gasteiger partial charge in [0.25, 0.3) is 0 Å². The highest BCUT2D eigenvalue weighted by Crippen LogP contribution is 2.46. The van der Waals surface area contributed by atoms with Crippen LogP contribution in [-0.2, 0) is 6.18 Å². The molecule has 24 heavy (non-hydrogen) atoms. The molecule has 1 aromatic rings. The van der Waals surface area contributed by atoms with E-state index in [-0.39, 0.29) is 23.0 Å². The Labute approximate surface area is 151 Å². The molecule has 0 spiro atoms. The van der Waals surface area contributed by atoms with Crippen LogP contribution >= 0.6 is 24.0 Å². The topological polar surface area (TPSA) is 15.3 Å². The molecule has 0 saturated carbocycles. The number of hydrogen-bond acceptors (Lipinski definition) is 2. The van der Waals surface area contributed by atoms with Gasteiger partial charge in [0.2, 0.25) is 0 Å². The van der Waals surface area contributed by atoms with Crippen molar-refractivity contribution < 1.29 is 17.6 Å². The second-order valence-corrected chi connectivity index (χ2v) is 7.28. The monoisotopic (exact) mass is 388 g/mol. The molecule has 0 aliphatic carbocycles. The van der Waals surface area contributed by atoms with Gasteiger partial charge in [-0.2, -0.15) is 13.2 Å². The Bertz CT molecular complexity index is 564. The number of alkyl halides is 3. The first-order valence-electron chi connectivity index (χ1n) is 7.53. The molecule has 2 nitrogen and oxygen atoms in total. The minimum absolute atomic E-state index is 0. The molecule has 0 amide bonds. The Morgan fingerprint density at radius 3 is 2.12 bits per heavy atom. The predicted molar refractivity (Wildman–Crippen MR) is 90.3 cm³/mol. The lowest BCUT2D eigenvalue weighted by molar-refractivity contribution is -0.139. The number of benzene rings is 1. The van der Waals surface area contributed by atoms with E-state index in [4.69, 9.17) is 11.6 Å². The van der Waals surface area contributed by atoms with Crippen molar-refractivity contribution in [2.45, 2.75) is 33.0 Å². The maximum absolute atomic E-state index is 14.7. The Hall–Kier alpha value is -0.560. The zero-order chi connectivity index (χ0) is 17.4. The van der Waals surface area contributed by atoms with Crippen LogP contribution < -0.4 is 5.32 Å². The van der Waals surface area contributed by atoms with Crippen LogP contribution in [0, 0.1) is 11.2 Å². The Balaban J connectivity index is 0.00000288. The first-order chi connectivity index (χ1) is 10.5. The molecule has 1 aliphatic rings. The summed E-state index contributed by atoms with van der Waals surface area (Å²) in [4.78, 5) is 1.90. The molecule has 1 fully saturated rings. The van der Waals surface area contributed by atoms with Gasteiger partial charge < -0.3 is 5.32 Å². The first kappa shape index (κ1) is 21.5. The minimum atomic E-state index is -4.63. The number of piperazine rings is 1. The fourth-order valence-electron chi connectivity index (χ4n) is 3.18. The summed E-state index contributed by atoms with van der Waals surface area (Å²) in [5, 5.41) is 2.88. The summed E-state index contributed by atoms with van der Waals surface area (Å²) in [5.74, 6) is -0.972. The van der Waals surface area contributed by atoms with E-state index < -0.39 is 29.0 Å². The SMILES string of the molecule is CC(C)(C)[C@H](c1c(C(F)(F)F)ccc(Cl)c1F)N1CCNCC1.Cl. The summed E-state index contributed by atoms with van der Waals surface area (Å²) >= 11 is 5.80. The lowest BCUT2D eigenvalue weighted by Gasteiger charge is -2.43. The fraction of sp³-hybridized carbons (Fsp3) is 0.625. The third-order valence-electron chi connectivity index (χ3n) is 4.05. The van der Waals surface area contributed by atoms with Gasteiger partial charge in [0.15, 0.2) is 0 Å². The highest BCUT2D eigenvalue weighted by molar-refractivity contribution is 6.30. The Kier molecular flexibility index (Phi) is 6.95. The predicted octanol–water partition coefficient (Wildman–Crippen LogP) is 4.91. The molecule has 0 unspecified atom stereocenters. The average Bonchev–Trinajstić information content (AvgIpc) is 2.42. The summed E-state index contributed by atoms with van der Waals surface area (Å²) in [6, 6.07) is 1.14. The van der Waals surface area contributed by atoms with E-state index in [2.05, 4.69) is 5.32 Å². The third kappa shape index (κ3) is 4.54. The van der Waals surface area contributed by atoms with Crippen molar-refractivity contribution in [3.8, 4) is 0 Å². The number of hydrogen-bond donors (Lipinski definition) is 1. The van der Waals surface area contributed by atoms with Crippen molar-refractivity contribution in [3.63, 3.8) is 0 Å². The van der Waals surface area contributed by atoms with Gasteiger partial charge in [0.05, 0.1) is 10.6 Å². The van der Waals surface area contributed by atoms with Crippen molar-refractivity contribution in [2.24, 2.45) is 5.41 Å². The van der Waals surface area contributed by atoms with Crippen molar-refractivity contribution in [3.05, 3.63) is 34.1 Å². The number of halogens is 6. The largest absolute Gasteiger partial charge is 0.416 e. The van der Waals surface area contributed by atoms with Crippen molar-refractivity contribution in [1.82, 2.24) is 10.2 Å². The fourth-order valence-corrected chi connectivity index (χ4v) is 3.35. The quantitative estimate of drug-likeness (QED) is 0.723. The van der Waals surface area contributed by atoms with E-state index in [1.807, 2.05) is 25.7 Å². The maximum Gasteiger partial charge on any atom is 0.416 e. The summed E-state index contributed by atoms with van der Waals surface area (Å²) < 4.78 is 55.0. The van der Waals surface area contributed by atoms with Gasteiger partial charge in [0, 0.05) is 37.8 Å². The molecule has 1 aliphatic heterocycles. The van der Waals surface area contributed by atoms with E-state index in [1.54, 1.807) is 0 Å². The highest BCUT2D eigenvalue weighted by Gasteiger charge is 2.43. The lowest BCUT2D eigenvalue weighted by Crippen LogP contribution is -2.49. The zero-order valence-corrected chi connectivity index (χ0v) is 15.4. The zero-order valence-electron chi connectivity index (χ0n) is 13.8. The summed E-state index contributed by atoms with van der Waals surface area (Å²) in [6.07, 6.45) is -4.63. The number of rotatable bonds is 2. The molecule has 8 heteroatoms. The molecule has 0 bridgehead atoms. The van der Waals surface area contributed by atoms with Gasteiger partial charge in [-0.3, -0.25) is 4.90 Å². The van der Waals surface area contributed by atoms with E-state index in [1.165, 1.54) is 0 Å². The lowest BCUT2D eigenvalue weighted by atomic mass is 9.79. The molecule has 1 saturated heterocycles. The van der Waals surface area contributed by atoms with E-state index in [9.17, 15) is 17.6 Å². The summed E-state index contributed by atoms with van der Waals surface area (Å²) in [6.45, 7) is 7.91. The van der Waals surface area contributed by atoms with Gasteiger partial charge in [-0.1, -0.05) is 32.4 Å². The van der Waals surface area contributed by atoms with Crippen molar-refractivity contribution in [1.29, 1.82) is 0 Å². The molecule has 0 aromatic heterocycles. The molecule has 1 atom stereocenters. The number of nitrogens with zero attached hydrogens (tertiary/aromatic N) is 1. The summed E-state index contributed by atoms with van der Waals surface area (Å²) in [7, 11) is 0.